The lowest BCUT2D eigenvalue weighted by Gasteiger charge is -2.30. The molecule has 0 fully saturated rings. The van der Waals surface area contributed by atoms with Crippen LogP contribution in [0.3, 0.4) is 0 Å². The molecule has 4 rings (SSSR count). The molecule has 4 aromatic carbocycles. The van der Waals surface area contributed by atoms with E-state index in [4.69, 9.17) is 9.05 Å². The molecule has 0 unspecified atom stereocenters. The van der Waals surface area contributed by atoms with Crippen LogP contribution in [0.25, 0.3) is 21.5 Å². The van der Waals surface area contributed by atoms with Gasteiger partial charge in [-0.15, -0.1) is 0 Å². The lowest BCUT2D eigenvalue weighted by Crippen LogP contribution is -2.16. The maximum absolute atomic E-state index is 14.2. The SMILES string of the molecule is CCOP(=O)(OCC)[C@@H](Nc1ccc(C)cc1)c1c2ccccc2cc2ccccc12. The van der Waals surface area contributed by atoms with Crippen molar-refractivity contribution in [1.29, 1.82) is 0 Å². The Bertz CT molecular complexity index is 1170. The molecule has 0 radical (unpaired) electrons. The van der Waals surface area contributed by atoms with Crippen LogP contribution >= 0.6 is 7.60 Å². The fourth-order valence-electron chi connectivity index (χ4n) is 4.01. The predicted molar refractivity (Wildman–Crippen MR) is 130 cm³/mol. The number of anilines is 1. The zero-order valence-electron chi connectivity index (χ0n) is 18.2. The summed E-state index contributed by atoms with van der Waals surface area (Å²) in [7, 11) is -3.55. The first-order valence-corrected chi connectivity index (χ1v) is 12.3. The van der Waals surface area contributed by atoms with Gasteiger partial charge in [-0.2, -0.15) is 0 Å². The van der Waals surface area contributed by atoms with Gasteiger partial charge in [0.1, 0.15) is 0 Å². The summed E-state index contributed by atoms with van der Waals surface area (Å²) < 4.78 is 25.9. The molecule has 1 atom stereocenters. The van der Waals surface area contributed by atoms with Crippen molar-refractivity contribution in [3.8, 4) is 0 Å². The van der Waals surface area contributed by atoms with Crippen LogP contribution in [0.2, 0.25) is 0 Å². The molecule has 0 bridgehead atoms. The smallest absolute Gasteiger partial charge is 0.357 e. The Kier molecular flexibility index (Phi) is 6.43. The van der Waals surface area contributed by atoms with Crippen LogP contribution in [0.5, 0.6) is 0 Å². The molecule has 5 heteroatoms. The molecule has 1 N–H and O–H groups in total. The van der Waals surface area contributed by atoms with E-state index in [1.54, 1.807) is 0 Å². The fourth-order valence-corrected chi connectivity index (χ4v) is 6.00. The Morgan fingerprint density at radius 2 is 1.32 bits per heavy atom. The van der Waals surface area contributed by atoms with E-state index in [1.165, 1.54) is 0 Å². The largest absolute Gasteiger partial charge is 0.368 e. The molecule has 160 valence electrons. The van der Waals surface area contributed by atoms with E-state index in [2.05, 4.69) is 35.6 Å². The number of rotatable bonds is 8. The third-order valence-electron chi connectivity index (χ3n) is 5.38. The van der Waals surface area contributed by atoms with Gasteiger partial charge in [-0.05, 0) is 60.5 Å². The number of aryl methyl sites for hydroxylation is 1. The number of hydrogen-bond acceptors (Lipinski definition) is 4. The first-order valence-electron chi connectivity index (χ1n) is 10.7. The Hall–Kier alpha value is -2.65. The third-order valence-corrected chi connectivity index (χ3v) is 7.63. The van der Waals surface area contributed by atoms with Crippen molar-refractivity contribution in [2.75, 3.05) is 18.5 Å². The molecule has 0 aliphatic rings. The summed E-state index contributed by atoms with van der Waals surface area (Å²) in [5.41, 5.74) is 2.96. The maximum Gasteiger partial charge on any atom is 0.357 e. The average Bonchev–Trinajstić information content (AvgIpc) is 2.77. The highest BCUT2D eigenvalue weighted by Gasteiger charge is 2.39. The van der Waals surface area contributed by atoms with Crippen molar-refractivity contribution in [2.24, 2.45) is 0 Å². The molecule has 4 nitrogen and oxygen atoms in total. The first kappa shape index (κ1) is 21.6. The normalized spacial score (nSPS) is 12.9. The molecule has 0 spiro atoms. The Morgan fingerprint density at radius 3 is 1.84 bits per heavy atom. The third kappa shape index (κ3) is 4.38. The monoisotopic (exact) mass is 433 g/mol. The second kappa shape index (κ2) is 9.23. The second-order valence-electron chi connectivity index (χ2n) is 7.52. The molecule has 31 heavy (non-hydrogen) atoms. The van der Waals surface area contributed by atoms with Crippen molar-refractivity contribution in [1.82, 2.24) is 0 Å². The summed E-state index contributed by atoms with van der Waals surface area (Å²) in [4.78, 5) is 0. The Morgan fingerprint density at radius 1 is 0.806 bits per heavy atom. The molecule has 0 aliphatic carbocycles. The van der Waals surface area contributed by atoms with E-state index in [1.807, 2.05) is 69.3 Å². The zero-order valence-corrected chi connectivity index (χ0v) is 19.1. The summed E-state index contributed by atoms with van der Waals surface area (Å²) in [6, 6.07) is 26.6. The van der Waals surface area contributed by atoms with Crippen LogP contribution in [-0.4, -0.2) is 13.2 Å². The molecule has 0 amide bonds. The van der Waals surface area contributed by atoms with Crippen LogP contribution in [0, 0.1) is 6.92 Å². The van der Waals surface area contributed by atoms with Gasteiger partial charge < -0.3 is 14.4 Å². The predicted octanol–water partition coefficient (Wildman–Crippen LogP) is 7.68. The van der Waals surface area contributed by atoms with Crippen molar-refractivity contribution in [3.05, 3.63) is 90.0 Å². The Labute approximate surface area is 183 Å². The highest BCUT2D eigenvalue weighted by atomic mass is 31.2. The van der Waals surface area contributed by atoms with Crippen LogP contribution in [-0.2, 0) is 13.6 Å². The van der Waals surface area contributed by atoms with E-state index in [0.29, 0.717) is 13.2 Å². The quantitative estimate of drug-likeness (QED) is 0.229. The van der Waals surface area contributed by atoms with E-state index < -0.39 is 13.4 Å². The van der Waals surface area contributed by atoms with Crippen LogP contribution < -0.4 is 5.32 Å². The topological polar surface area (TPSA) is 47.6 Å². The number of benzene rings is 4. The minimum absolute atomic E-state index is 0.298. The van der Waals surface area contributed by atoms with E-state index in [0.717, 1.165) is 38.4 Å². The standard InChI is InChI=1S/C26H28NO3P/c1-4-29-31(28,30-5-2)26(27-22-16-14-19(3)15-17-22)25-23-12-8-6-10-20(23)18-21-11-7-9-13-24(21)25/h6-18,26-27H,4-5H2,1-3H3/t26-/m1/s1. The zero-order chi connectivity index (χ0) is 21.8. The van der Waals surface area contributed by atoms with Gasteiger partial charge in [-0.25, -0.2) is 0 Å². The number of hydrogen-bond donors (Lipinski definition) is 1. The summed E-state index contributed by atoms with van der Waals surface area (Å²) in [6.45, 7) is 6.33. The van der Waals surface area contributed by atoms with Gasteiger partial charge in [0.2, 0.25) is 0 Å². The van der Waals surface area contributed by atoms with Gasteiger partial charge in [0.15, 0.2) is 5.78 Å². The maximum atomic E-state index is 14.2. The summed E-state index contributed by atoms with van der Waals surface area (Å²) in [6.07, 6.45) is 0. The minimum atomic E-state index is -3.55. The fraction of sp³-hybridized carbons (Fsp3) is 0.231. The van der Waals surface area contributed by atoms with E-state index in [-0.39, 0.29) is 0 Å². The molecular formula is C26H28NO3P. The first-order chi connectivity index (χ1) is 15.1. The minimum Gasteiger partial charge on any atom is -0.368 e. The van der Waals surface area contributed by atoms with Crippen LogP contribution in [0.15, 0.2) is 78.9 Å². The van der Waals surface area contributed by atoms with Gasteiger partial charge in [-0.3, -0.25) is 4.57 Å². The van der Waals surface area contributed by atoms with Crippen LogP contribution in [0.1, 0.15) is 30.8 Å². The molecule has 4 aromatic rings. The summed E-state index contributed by atoms with van der Waals surface area (Å²) >= 11 is 0. The number of fused-ring (bicyclic) bond motifs is 2. The van der Waals surface area contributed by atoms with Crippen molar-refractivity contribution in [3.63, 3.8) is 0 Å². The lowest BCUT2D eigenvalue weighted by molar-refractivity contribution is 0.214. The molecule has 0 aromatic heterocycles. The Balaban J connectivity index is 2.01. The second-order valence-corrected chi connectivity index (χ2v) is 9.63. The van der Waals surface area contributed by atoms with Gasteiger partial charge in [0.05, 0.1) is 13.2 Å². The molecule has 0 saturated carbocycles. The van der Waals surface area contributed by atoms with Crippen LogP contribution in [0.4, 0.5) is 5.69 Å². The highest BCUT2D eigenvalue weighted by molar-refractivity contribution is 7.54. The summed E-state index contributed by atoms with van der Waals surface area (Å²) in [5.74, 6) is -0.661. The van der Waals surface area contributed by atoms with Gasteiger partial charge in [-0.1, -0.05) is 66.2 Å². The lowest BCUT2D eigenvalue weighted by atomic mass is 9.96. The van der Waals surface area contributed by atoms with Crippen molar-refractivity contribution < 1.29 is 13.6 Å². The molecular weight excluding hydrogens is 405 g/mol. The summed E-state index contributed by atoms with van der Waals surface area (Å²) in [5, 5.41) is 7.75. The average molecular weight is 433 g/mol. The molecule has 0 saturated heterocycles. The van der Waals surface area contributed by atoms with Gasteiger partial charge in [0.25, 0.3) is 0 Å². The van der Waals surface area contributed by atoms with Gasteiger partial charge >= 0.3 is 7.60 Å². The van der Waals surface area contributed by atoms with Gasteiger partial charge in [0, 0.05) is 11.3 Å². The van der Waals surface area contributed by atoms with E-state index in [9.17, 15) is 4.57 Å². The highest BCUT2D eigenvalue weighted by Crippen LogP contribution is 2.62. The number of nitrogens with one attached hydrogen (secondary N) is 1. The molecule has 0 heterocycles. The van der Waals surface area contributed by atoms with E-state index >= 15 is 0 Å². The van der Waals surface area contributed by atoms with Crippen molar-refractivity contribution in [2.45, 2.75) is 26.6 Å². The molecule has 0 aliphatic heterocycles. The van der Waals surface area contributed by atoms with Crippen molar-refractivity contribution >= 4 is 34.8 Å².